The third-order valence-corrected chi connectivity index (χ3v) is 5.68. The Kier molecular flexibility index (Phi) is 4.08. The van der Waals surface area contributed by atoms with Gasteiger partial charge < -0.3 is 9.73 Å². The number of fused-ring (bicyclic) bond motifs is 1. The van der Waals surface area contributed by atoms with Crippen LogP contribution in [0.1, 0.15) is 33.0 Å². The number of benzene rings is 1. The lowest BCUT2D eigenvalue weighted by molar-refractivity contribution is 0.0998. The maximum absolute atomic E-state index is 12.5. The summed E-state index contributed by atoms with van der Waals surface area (Å²) in [6, 6.07) is 12.8. The molecule has 0 unspecified atom stereocenters. The first-order valence-corrected chi connectivity index (χ1v) is 9.07. The quantitative estimate of drug-likeness (QED) is 0.684. The predicted octanol–water partition coefficient (Wildman–Crippen LogP) is 5.27. The number of halogens is 1. The zero-order valence-corrected chi connectivity index (χ0v) is 14.7. The molecule has 1 aromatic carbocycles. The minimum absolute atomic E-state index is 0.211. The van der Waals surface area contributed by atoms with Crippen molar-refractivity contribution >= 4 is 33.8 Å². The van der Waals surface area contributed by atoms with E-state index in [1.165, 1.54) is 16.2 Å². The molecule has 1 aliphatic carbocycles. The summed E-state index contributed by atoms with van der Waals surface area (Å²) in [6.45, 7) is 0. The molecule has 6 heteroatoms. The molecule has 4 nitrogen and oxygen atoms in total. The zero-order valence-electron chi connectivity index (χ0n) is 13.1. The number of hydrogen-bond donors (Lipinski definition) is 1. The highest BCUT2D eigenvalue weighted by Gasteiger charge is 2.24. The summed E-state index contributed by atoms with van der Waals surface area (Å²) in [6.07, 6.45) is 2.96. The molecule has 0 bridgehead atoms. The molecule has 1 aliphatic rings. The first-order valence-electron chi connectivity index (χ1n) is 7.87. The van der Waals surface area contributed by atoms with Crippen LogP contribution in [0.4, 0.5) is 5.00 Å². The highest BCUT2D eigenvalue weighted by Crippen LogP contribution is 2.38. The van der Waals surface area contributed by atoms with Gasteiger partial charge in [-0.15, -0.1) is 11.3 Å². The van der Waals surface area contributed by atoms with Crippen LogP contribution in [0, 0.1) is 11.3 Å². The third kappa shape index (κ3) is 2.95. The highest BCUT2D eigenvalue weighted by atomic mass is 35.5. The number of carbonyl (C=O) groups excluding carboxylic acids is 1. The van der Waals surface area contributed by atoms with Crippen molar-refractivity contribution in [2.24, 2.45) is 0 Å². The van der Waals surface area contributed by atoms with Gasteiger partial charge in [-0.1, -0.05) is 11.6 Å². The lowest BCUT2D eigenvalue weighted by atomic mass is 10.1. The van der Waals surface area contributed by atoms with Crippen LogP contribution in [0.15, 0.2) is 40.8 Å². The molecule has 0 atom stereocenters. The van der Waals surface area contributed by atoms with Crippen molar-refractivity contribution < 1.29 is 9.21 Å². The first kappa shape index (κ1) is 15.9. The van der Waals surface area contributed by atoms with Gasteiger partial charge in [-0.05, 0) is 61.2 Å². The summed E-state index contributed by atoms with van der Waals surface area (Å²) in [7, 11) is 0. The molecule has 25 heavy (non-hydrogen) atoms. The second-order valence-corrected chi connectivity index (χ2v) is 7.34. The Labute approximate surface area is 153 Å². The van der Waals surface area contributed by atoms with Gasteiger partial charge in [0.15, 0.2) is 5.76 Å². The van der Waals surface area contributed by atoms with Gasteiger partial charge in [-0.2, -0.15) is 5.26 Å². The summed E-state index contributed by atoms with van der Waals surface area (Å²) < 4.78 is 5.66. The van der Waals surface area contributed by atoms with Gasteiger partial charge in [-0.3, -0.25) is 4.79 Å². The van der Waals surface area contributed by atoms with E-state index in [2.05, 4.69) is 11.4 Å². The molecular weight excluding hydrogens is 356 g/mol. The third-order valence-electron chi connectivity index (χ3n) is 4.22. The van der Waals surface area contributed by atoms with Crippen LogP contribution in [0.3, 0.4) is 0 Å². The lowest BCUT2D eigenvalue weighted by Crippen LogP contribution is -2.10. The normalized spacial score (nSPS) is 12.6. The van der Waals surface area contributed by atoms with Crippen molar-refractivity contribution in [3.05, 3.63) is 63.2 Å². The minimum Gasteiger partial charge on any atom is -0.451 e. The van der Waals surface area contributed by atoms with E-state index in [-0.39, 0.29) is 11.7 Å². The topological polar surface area (TPSA) is 66.0 Å². The van der Waals surface area contributed by atoms with Crippen molar-refractivity contribution in [1.29, 1.82) is 5.26 Å². The van der Waals surface area contributed by atoms with Crippen LogP contribution in [-0.4, -0.2) is 5.91 Å². The van der Waals surface area contributed by atoms with Gasteiger partial charge in [-0.25, -0.2) is 0 Å². The summed E-state index contributed by atoms with van der Waals surface area (Å²) in [5.74, 6) is 0.454. The number of thiophene rings is 1. The number of furan rings is 1. The Hall–Kier alpha value is -2.55. The average molecular weight is 369 g/mol. The number of anilines is 1. The maximum Gasteiger partial charge on any atom is 0.292 e. The Morgan fingerprint density at radius 1 is 1.20 bits per heavy atom. The largest absolute Gasteiger partial charge is 0.451 e. The molecule has 0 spiro atoms. The molecule has 0 fully saturated rings. The minimum atomic E-state index is -0.350. The van der Waals surface area contributed by atoms with E-state index in [0.717, 1.165) is 30.4 Å². The summed E-state index contributed by atoms with van der Waals surface area (Å²) in [4.78, 5) is 13.7. The van der Waals surface area contributed by atoms with Gasteiger partial charge in [0.25, 0.3) is 5.91 Å². The van der Waals surface area contributed by atoms with Crippen molar-refractivity contribution in [2.75, 3.05) is 5.32 Å². The summed E-state index contributed by atoms with van der Waals surface area (Å²) >= 11 is 7.38. The Morgan fingerprint density at radius 3 is 2.76 bits per heavy atom. The molecule has 1 amide bonds. The Bertz CT molecular complexity index is 996. The van der Waals surface area contributed by atoms with Gasteiger partial charge in [0.2, 0.25) is 0 Å². The molecule has 0 radical (unpaired) electrons. The Balaban J connectivity index is 1.57. The van der Waals surface area contributed by atoms with Crippen molar-refractivity contribution in [3.8, 4) is 17.4 Å². The first-order chi connectivity index (χ1) is 12.2. The number of aryl methyl sites for hydroxylation is 1. The highest BCUT2D eigenvalue weighted by molar-refractivity contribution is 7.16. The molecule has 2 aromatic heterocycles. The molecule has 0 aliphatic heterocycles. The van der Waals surface area contributed by atoms with Gasteiger partial charge in [0.1, 0.15) is 16.8 Å². The second kappa shape index (κ2) is 6.40. The molecule has 1 N–H and O–H groups in total. The SMILES string of the molecule is N#Cc1c(NC(=O)c2ccc(-c3ccc(Cl)cc3)o2)sc2c1CCC2. The number of nitrogens with one attached hydrogen (secondary N) is 1. The standard InChI is InChI=1S/C19H13ClN2O2S/c20-12-6-4-11(5-7-12)15-8-9-16(24-15)18(23)22-19-14(10-21)13-2-1-3-17(13)25-19/h4-9H,1-3H2,(H,22,23). The van der Waals surface area contributed by atoms with Gasteiger partial charge in [0.05, 0.1) is 5.56 Å². The molecule has 0 saturated carbocycles. The predicted molar refractivity (Wildman–Crippen MR) is 98.2 cm³/mol. The van der Waals surface area contributed by atoms with E-state index in [4.69, 9.17) is 16.0 Å². The maximum atomic E-state index is 12.5. The van der Waals surface area contributed by atoms with Crippen LogP contribution in [0.25, 0.3) is 11.3 Å². The van der Waals surface area contributed by atoms with Crippen LogP contribution in [0.5, 0.6) is 0 Å². The molecular formula is C19H13ClN2O2S. The Morgan fingerprint density at radius 2 is 2.00 bits per heavy atom. The average Bonchev–Trinajstić information content (AvgIpc) is 3.30. The van der Waals surface area contributed by atoms with Gasteiger partial charge >= 0.3 is 0 Å². The fourth-order valence-electron chi connectivity index (χ4n) is 3.00. The summed E-state index contributed by atoms with van der Waals surface area (Å²) in [5.41, 5.74) is 2.52. The van der Waals surface area contributed by atoms with Crippen molar-refractivity contribution in [2.45, 2.75) is 19.3 Å². The number of hydrogen-bond acceptors (Lipinski definition) is 4. The molecule has 0 saturated heterocycles. The lowest BCUT2D eigenvalue weighted by Gasteiger charge is -2.02. The summed E-state index contributed by atoms with van der Waals surface area (Å²) in [5, 5.41) is 13.5. The number of nitriles is 1. The van der Waals surface area contributed by atoms with E-state index >= 15 is 0 Å². The smallest absolute Gasteiger partial charge is 0.292 e. The van der Waals surface area contributed by atoms with Crippen LogP contribution in [-0.2, 0) is 12.8 Å². The zero-order chi connectivity index (χ0) is 17.4. The molecule has 124 valence electrons. The van der Waals surface area contributed by atoms with E-state index < -0.39 is 0 Å². The fourth-order valence-corrected chi connectivity index (χ4v) is 4.37. The molecule has 2 heterocycles. The number of carbonyl (C=O) groups is 1. The van der Waals surface area contributed by atoms with Gasteiger partial charge in [0, 0.05) is 15.5 Å². The fraction of sp³-hybridized carbons (Fsp3) is 0.158. The molecule has 4 rings (SSSR count). The number of rotatable bonds is 3. The second-order valence-electron chi connectivity index (χ2n) is 5.80. The van der Waals surface area contributed by atoms with Crippen LogP contribution in [0.2, 0.25) is 5.02 Å². The van der Waals surface area contributed by atoms with E-state index in [1.54, 1.807) is 24.3 Å². The monoisotopic (exact) mass is 368 g/mol. The number of amides is 1. The molecule has 3 aromatic rings. The van der Waals surface area contributed by atoms with Crippen LogP contribution < -0.4 is 5.32 Å². The van der Waals surface area contributed by atoms with E-state index in [9.17, 15) is 10.1 Å². The van der Waals surface area contributed by atoms with Crippen molar-refractivity contribution in [1.82, 2.24) is 0 Å². The van der Waals surface area contributed by atoms with E-state index in [0.29, 0.717) is 21.3 Å². The van der Waals surface area contributed by atoms with Crippen molar-refractivity contribution in [3.63, 3.8) is 0 Å². The number of nitrogens with zero attached hydrogens (tertiary/aromatic N) is 1. The van der Waals surface area contributed by atoms with E-state index in [1.807, 2.05) is 12.1 Å². The van der Waals surface area contributed by atoms with Crippen LogP contribution >= 0.6 is 22.9 Å².